The van der Waals surface area contributed by atoms with Gasteiger partial charge in [-0.1, -0.05) is 6.07 Å². The van der Waals surface area contributed by atoms with Crippen LogP contribution in [0, 0.1) is 0 Å². The highest BCUT2D eigenvalue weighted by Crippen LogP contribution is 2.33. The summed E-state index contributed by atoms with van der Waals surface area (Å²) < 4.78 is 5.49. The molecule has 2 aliphatic heterocycles. The Bertz CT molecular complexity index is 1010. The van der Waals surface area contributed by atoms with E-state index < -0.39 is 54.1 Å². The number of amides is 6. The normalized spacial score (nSPS) is 18.6. The second-order valence-corrected chi connectivity index (χ2v) is 7.77. The highest BCUT2D eigenvalue weighted by Gasteiger charge is 2.46. The number of carbonyl (C=O) groups excluding carboxylic acids is 6. The van der Waals surface area contributed by atoms with Crippen LogP contribution in [0.5, 0.6) is 5.75 Å². The molecule has 1 aromatic rings. The van der Waals surface area contributed by atoms with Gasteiger partial charge in [-0.3, -0.25) is 39.0 Å². The average Bonchev–Trinajstić information content (AvgIpc) is 3.02. The first-order valence-electron chi connectivity index (χ1n) is 10.5. The van der Waals surface area contributed by atoms with Crippen LogP contribution in [0.2, 0.25) is 0 Å². The van der Waals surface area contributed by atoms with Crippen molar-refractivity contribution in [2.45, 2.75) is 44.2 Å². The van der Waals surface area contributed by atoms with Crippen LogP contribution in [0.3, 0.4) is 0 Å². The van der Waals surface area contributed by atoms with Crippen LogP contribution in [0.1, 0.15) is 52.8 Å². The zero-order valence-electron chi connectivity index (χ0n) is 17.8. The molecule has 0 spiro atoms. The number of benzene rings is 1. The molecule has 12 heteroatoms. The van der Waals surface area contributed by atoms with Gasteiger partial charge in [-0.05, 0) is 37.8 Å². The lowest BCUT2D eigenvalue weighted by atomic mass is 10.0. The molecular formula is C21H25N5O7. The summed E-state index contributed by atoms with van der Waals surface area (Å²) in [6.45, 7) is -0.0571. The largest absolute Gasteiger partial charge is 0.483 e. The quantitative estimate of drug-likeness (QED) is 0.242. The molecule has 12 nitrogen and oxygen atoms in total. The Morgan fingerprint density at radius 1 is 1.18 bits per heavy atom. The minimum Gasteiger partial charge on any atom is -0.483 e. The van der Waals surface area contributed by atoms with Crippen molar-refractivity contribution in [3.63, 3.8) is 0 Å². The van der Waals surface area contributed by atoms with E-state index in [0.717, 1.165) is 4.90 Å². The van der Waals surface area contributed by atoms with Crippen molar-refractivity contribution in [2.24, 2.45) is 11.5 Å². The zero-order valence-corrected chi connectivity index (χ0v) is 17.8. The van der Waals surface area contributed by atoms with Gasteiger partial charge in [0.1, 0.15) is 11.8 Å². The van der Waals surface area contributed by atoms with E-state index >= 15 is 0 Å². The van der Waals surface area contributed by atoms with Crippen LogP contribution in [0.4, 0.5) is 0 Å². The van der Waals surface area contributed by atoms with Gasteiger partial charge < -0.3 is 21.5 Å². The number of nitrogens with one attached hydrogen (secondary N) is 2. The predicted octanol–water partition coefficient (Wildman–Crippen LogP) is -1.43. The van der Waals surface area contributed by atoms with Crippen LogP contribution in [0.25, 0.3) is 0 Å². The first-order valence-corrected chi connectivity index (χ1v) is 10.5. The van der Waals surface area contributed by atoms with Gasteiger partial charge in [-0.15, -0.1) is 0 Å². The second kappa shape index (κ2) is 10.2. The predicted molar refractivity (Wildman–Crippen MR) is 113 cm³/mol. The number of nitrogens with zero attached hydrogens (tertiary/aromatic N) is 1. The van der Waals surface area contributed by atoms with Crippen molar-refractivity contribution in [1.82, 2.24) is 15.5 Å². The van der Waals surface area contributed by atoms with E-state index in [2.05, 4.69) is 10.6 Å². The molecule has 2 aliphatic rings. The van der Waals surface area contributed by atoms with Crippen molar-refractivity contribution in [2.75, 3.05) is 13.2 Å². The Hall–Kier alpha value is -3.80. The molecule has 2 atom stereocenters. The maximum Gasteiger partial charge on any atom is 0.266 e. The van der Waals surface area contributed by atoms with Crippen LogP contribution in [-0.4, -0.2) is 65.6 Å². The summed E-state index contributed by atoms with van der Waals surface area (Å²) >= 11 is 0. The monoisotopic (exact) mass is 459 g/mol. The Balaban J connectivity index is 1.56. The molecule has 33 heavy (non-hydrogen) atoms. The summed E-state index contributed by atoms with van der Waals surface area (Å²) in [7, 11) is 0. The van der Waals surface area contributed by atoms with Crippen molar-refractivity contribution in [1.29, 1.82) is 0 Å². The highest BCUT2D eigenvalue weighted by molar-refractivity contribution is 6.24. The van der Waals surface area contributed by atoms with Gasteiger partial charge in [0.25, 0.3) is 17.7 Å². The van der Waals surface area contributed by atoms with Gasteiger partial charge in [0.15, 0.2) is 6.61 Å². The van der Waals surface area contributed by atoms with Gasteiger partial charge in [0.2, 0.25) is 17.7 Å². The molecule has 176 valence electrons. The number of nitrogens with two attached hydrogens (primary N) is 2. The Labute approximate surface area is 189 Å². The minimum atomic E-state index is -1.09. The smallest absolute Gasteiger partial charge is 0.266 e. The number of unbranched alkanes of at least 4 members (excludes halogenated alkanes) is 1. The van der Waals surface area contributed by atoms with Crippen molar-refractivity contribution < 1.29 is 33.5 Å². The molecule has 1 saturated heterocycles. The van der Waals surface area contributed by atoms with Crippen molar-refractivity contribution >= 4 is 35.4 Å². The number of hydrogen-bond acceptors (Lipinski definition) is 8. The molecule has 1 aromatic carbocycles. The van der Waals surface area contributed by atoms with E-state index in [-0.39, 0.29) is 29.7 Å². The first kappa shape index (κ1) is 23.9. The van der Waals surface area contributed by atoms with E-state index in [1.807, 2.05) is 0 Å². The summed E-state index contributed by atoms with van der Waals surface area (Å²) in [4.78, 5) is 73.1. The van der Waals surface area contributed by atoms with Crippen molar-refractivity contribution in [3.8, 4) is 5.75 Å². The molecule has 0 saturated carbocycles. The molecular weight excluding hydrogens is 434 g/mol. The lowest BCUT2D eigenvalue weighted by Gasteiger charge is -2.27. The summed E-state index contributed by atoms with van der Waals surface area (Å²) in [6, 6.07) is 2.59. The number of piperidine rings is 1. The summed E-state index contributed by atoms with van der Waals surface area (Å²) in [5.74, 6) is -3.52. The van der Waals surface area contributed by atoms with Gasteiger partial charge >= 0.3 is 0 Å². The Morgan fingerprint density at radius 3 is 2.64 bits per heavy atom. The molecule has 0 aliphatic carbocycles. The van der Waals surface area contributed by atoms with Gasteiger partial charge in [-0.2, -0.15) is 0 Å². The maximum absolute atomic E-state index is 13.0. The fraction of sp³-hybridized carbons (Fsp3) is 0.429. The Morgan fingerprint density at radius 2 is 1.94 bits per heavy atom. The fourth-order valence-electron chi connectivity index (χ4n) is 3.66. The number of imide groups is 2. The van der Waals surface area contributed by atoms with Gasteiger partial charge in [0, 0.05) is 13.0 Å². The molecule has 0 radical (unpaired) electrons. The van der Waals surface area contributed by atoms with E-state index in [0.29, 0.717) is 25.8 Å². The molecule has 0 bridgehead atoms. The summed E-state index contributed by atoms with van der Waals surface area (Å²) in [6.07, 6.45) is 1.66. The van der Waals surface area contributed by atoms with Gasteiger partial charge in [0.05, 0.1) is 17.2 Å². The number of carbonyl (C=O) groups is 6. The third-order valence-electron chi connectivity index (χ3n) is 5.42. The average molecular weight is 459 g/mol. The van der Waals surface area contributed by atoms with Gasteiger partial charge in [-0.25, -0.2) is 0 Å². The van der Waals surface area contributed by atoms with Crippen LogP contribution >= 0.6 is 0 Å². The van der Waals surface area contributed by atoms with E-state index in [4.69, 9.17) is 16.2 Å². The fourth-order valence-corrected chi connectivity index (χ4v) is 3.66. The Kier molecular flexibility index (Phi) is 7.38. The third-order valence-corrected chi connectivity index (χ3v) is 5.42. The lowest BCUT2D eigenvalue weighted by molar-refractivity contribution is -0.136. The lowest BCUT2D eigenvalue weighted by Crippen LogP contribution is -2.54. The molecule has 3 rings (SSSR count). The molecule has 0 aromatic heterocycles. The number of hydrogen-bond donors (Lipinski definition) is 4. The molecule has 2 heterocycles. The standard InChI is InChI=1S/C21H25N5O7/c22-12(18(23)29)5-1-2-9-24-16(28)10-33-14-6-3-4-11-17(14)21(32)26(20(11)31)13-7-8-15(27)25-19(13)30/h3-4,6,12-13H,1-2,5,7-10,22H2,(H2,23,29)(H,24,28)(H,25,27,30)/t12-,13?/m0/s1. The summed E-state index contributed by atoms with van der Waals surface area (Å²) in [5.41, 5.74) is 10.7. The molecule has 6 N–H and O–H groups in total. The van der Waals surface area contributed by atoms with Crippen LogP contribution in [0.15, 0.2) is 18.2 Å². The topological polar surface area (TPSA) is 191 Å². The van der Waals surface area contributed by atoms with E-state index in [1.54, 1.807) is 0 Å². The first-order chi connectivity index (χ1) is 15.7. The maximum atomic E-state index is 13.0. The molecule has 1 unspecified atom stereocenters. The highest BCUT2D eigenvalue weighted by atomic mass is 16.5. The summed E-state index contributed by atoms with van der Waals surface area (Å²) in [5, 5.41) is 4.78. The SMILES string of the molecule is NC(=O)[C@@H](N)CCCCNC(=O)COc1cccc2c1C(=O)N(C1CCC(=O)NC1=O)C2=O. The van der Waals surface area contributed by atoms with E-state index in [9.17, 15) is 28.8 Å². The van der Waals surface area contributed by atoms with Crippen LogP contribution in [-0.2, 0) is 19.2 Å². The number of rotatable bonds is 10. The number of ether oxygens (including phenoxy) is 1. The molecule has 6 amide bonds. The minimum absolute atomic E-state index is 0.0157. The third kappa shape index (κ3) is 5.34. The number of fused-ring (bicyclic) bond motifs is 1. The zero-order chi connectivity index (χ0) is 24.1. The van der Waals surface area contributed by atoms with E-state index in [1.165, 1.54) is 18.2 Å². The van der Waals surface area contributed by atoms with Crippen molar-refractivity contribution in [3.05, 3.63) is 29.3 Å². The number of primary amides is 1. The molecule has 1 fully saturated rings. The van der Waals surface area contributed by atoms with Crippen LogP contribution < -0.4 is 26.8 Å². The second-order valence-electron chi connectivity index (χ2n) is 7.77.